The van der Waals surface area contributed by atoms with Crippen molar-refractivity contribution in [2.24, 2.45) is 5.92 Å². The molecule has 0 aliphatic rings. The highest BCUT2D eigenvalue weighted by Gasteiger charge is 2.07. The quantitative estimate of drug-likeness (QED) is 0.736. The third kappa shape index (κ3) is 6.66. The van der Waals surface area contributed by atoms with Gasteiger partial charge in [-0.05, 0) is 44.3 Å². The van der Waals surface area contributed by atoms with Crippen LogP contribution in [0.3, 0.4) is 0 Å². The van der Waals surface area contributed by atoms with Crippen molar-refractivity contribution < 1.29 is 0 Å². The van der Waals surface area contributed by atoms with Crippen molar-refractivity contribution in [2.45, 2.75) is 25.3 Å². The summed E-state index contributed by atoms with van der Waals surface area (Å²) in [7, 11) is 4.20. The zero-order chi connectivity index (χ0) is 14.3. The van der Waals surface area contributed by atoms with Gasteiger partial charge in [-0.1, -0.05) is 31.5 Å². The van der Waals surface area contributed by atoms with E-state index in [-0.39, 0.29) is 0 Å². The lowest BCUT2D eigenvalue weighted by atomic mass is 10.2. The molecule has 0 aromatic heterocycles. The van der Waals surface area contributed by atoms with Gasteiger partial charge in [0.25, 0.3) is 0 Å². The van der Waals surface area contributed by atoms with Crippen LogP contribution in [0.1, 0.15) is 19.4 Å². The van der Waals surface area contributed by atoms with Crippen molar-refractivity contribution in [3.8, 4) is 0 Å². The van der Waals surface area contributed by atoms with Gasteiger partial charge < -0.3 is 10.2 Å². The fraction of sp³-hybridized carbons (Fsp3) is 0.600. The minimum atomic E-state index is 0.660. The van der Waals surface area contributed by atoms with Crippen molar-refractivity contribution in [3.05, 3.63) is 28.8 Å². The molecule has 1 aromatic carbocycles. The van der Waals surface area contributed by atoms with E-state index in [1.807, 2.05) is 23.9 Å². The zero-order valence-electron chi connectivity index (χ0n) is 12.4. The number of hydrogen-bond acceptors (Lipinski definition) is 3. The van der Waals surface area contributed by atoms with E-state index < -0.39 is 0 Å². The van der Waals surface area contributed by atoms with Gasteiger partial charge >= 0.3 is 0 Å². The highest BCUT2D eigenvalue weighted by Crippen LogP contribution is 2.28. The summed E-state index contributed by atoms with van der Waals surface area (Å²) in [6, 6.07) is 6.18. The molecule has 0 fully saturated rings. The highest BCUT2D eigenvalue weighted by atomic mass is 35.5. The maximum absolute atomic E-state index is 6.32. The lowest BCUT2D eigenvalue weighted by molar-refractivity contribution is 0.437. The molecular weight excluding hydrogens is 276 g/mol. The lowest BCUT2D eigenvalue weighted by Gasteiger charge is -2.14. The summed E-state index contributed by atoms with van der Waals surface area (Å²) < 4.78 is 0. The van der Waals surface area contributed by atoms with Crippen LogP contribution in [0.15, 0.2) is 23.1 Å². The van der Waals surface area contributed by atoms with Crippen LogP contribution in [0.2, 0.25) is 5.02 Å². The third-order valence-corrected chi connectivity index (χ3v) is 4.16. The maximum atomic E-state index is 6.32. The van der Waals surface area contributed by atoms with Crippen LogP contribution in [-0.2, 0) is 6.54 Å². The maximum Gasteiger partial charge on any atom is 0.0462 e. The molecule has 0 spiro atoms. The Morgan fingerprint density at radius 2 is 2.05 bits per heavy atom. The first-order valence-corrected chi connectivity index (χ1v) is 8.12. The molecular formula is C15H25ClN2S. The fourth-order valence-corrected chi connectivity index (χ4v) is 3.17. The second kappa shape index (κ2) is 8.85. The SMILES string of the molecule is CC(C)CNCc1c(Cl)cccc1SCCN(C)C. The molecule has 1 aromatic rings. The van der Waals surface area contributed by atoms with Crippen LogP contribution in [0.4, 0.5) is 0 Å². The first-order valence-electron chi connectivity index (χ1n) is 6.76. The van der Waals surface area contributed by atoms with Gasteiger partial charge in [0, 0.05) is 28.8 Å². The van der Waals surface area contributed by atoms with Gasteiger partial charge in [0.05, 0.1) is 0 Å². The van der Waals surface area contributed by atoms with Crippen molar-refractivity contribution >= 4 is 23.4 Å². The number of rotatable bonds is 8. The molecule has 2 nitrogen and oxygen atoms in total. The standard InChI is InChI=1S/C15H25ClN2S/c1-12(2)10-17-11-13-14(16)6-5-7-15(13)19-9-8-18(3)4/h5-7,12,17H,8-11H2,1-4H3. The Morgan fingerprint density at radius 1 is 1.32 bits per heavy atom. The Labute approximate surface area is 126 Å². The second-order valence-corrected chi connectivity index (χ2v) is 6.94. The predicted molar refractivity (Wildman–Crippen MR) is 87.3 cm³/mol. The first kappa shape index (κ1) is 16.8. The predicted octanol–water partition coefficient (Wildman–Crippen LogP) is 3.74. The zero-order valence-corrected chi connectivity index (χ0v) is 13.9. The average molecular weight is 301 g/mol. The van der Waals surface area contributed by atoms with E-state index >= 15 is 0 Å². The molecule has 0 radical (unpaired) electrons. The number of benzene rings is 1. The summed E-state index contributed by atoms with van der Waals surface area (Å²) >= 11 is 8.20. The minimum absolute atomic E-state index is 0.660. The van der Waals surface area contributed by atoms with Gasteiger partial charge in [-0.3, -0.25) is 0 Å². The van der Waals surface area contributed by atoms with E-state index in [1.165, 1.54) is 10.5 Å². The first-order chi connectivity index (χ1) is 9.00. The highest BCUT2D eigenvalue weighted by molar-refractivity contribution is 7.99. The summed E-state index contributed by atoms with van der Waals surface area (Å²) in [5.41, 5.74) is 1.23. The molecule has 1 rings (SSSR count). The van der Waals surface area contributed by atoms with E-state index in [9.17, 15) is 0 Å². The van der Waals surface area contributed by atoms with Crippen LogP contribution < -0.4 is 5.32 Å². The monoisotopic (exact) mass is 300 g/mol. The van der Waals surface area contributed by atoms with Crippen LogP contribution in [0.5, 0.6) is 0 Å². The molecule has 19 heavy (non-hydrogen) atoms. The molecule has 0 unspecified atom stereocenters. The number of halogens is 1. The Morgan fingerprint density at radius 3 is 2.68 bits per heavy atom. The third-order valence-electron chi connectivity index (χ3n) is 2.73. The fourth-order valence-electron chi connectivity index (χ4n) is 1.67. The summed E-state index contributed by atoms with van der Waals surface area (Å²) in [6.07, 6.45) is 0. The molecule has 1 N–H and O–H groups in total. The van der Waals surface area contributed by atoms with Crippen LogP contribution in [0, 0.1) is 5.92 Å². The molecule has 0 atom stereocenters. The van der Waals surface area contributed by atoms with Crippen molar-refractivity contribution in [1.29, 1.82) is 0 Å². The van der Waals surface area contributed by atoms with Gasteiger partial charge in [-0.25, -0.2) is 0 Å². The summed E-state index contributed by atoms with van der Waals surface area (Å²) in [5.74, 6) is 1.75. The number of hydrogen-bond donors (Lipinski definition) is 1. The smallest absolute Gasteiger partial charge is 0.0462 e. The summed E-state index contributed by atoms with van der Waals surface area (Å²) in [6.45, 7) is 7.38. The lowest BCUT2D eigenvalue weighted by Crippen LogP contribution is -2.19. The molecule has 0 aliphatic carbocycles. The normalized spacial score (nSPS) is 11.5. The number of thioether (sulfide) groups is 1. The van der Waals surface area contributed by atoms with Crippen molar-refractivity contribution in [3.63, 3.8) is 0 Å². The van der Waals surface area contributed by atoms with E-state index in [2.05, 4.69) is 44.2 Å². The van der Waals surface area contributed by atoms with Crippen molar-refractivity contribution in [2.75, 3.05) is 32.9 Å². The molecule has 4 heteroatoms. The topological polar surface area (TPSA) is 15.3 Å². The molecule has 0 bridgehead atoms. The van der Waals surface area contributed by atoms with E-state index in [4.69, 9.17) is 11.6 Å². The Hall–Kier alpha value is -0.220. The molecule has 0 saturated heterocycles. The number of nitrogens with zero attached hydrogens (tertiary/aromatic N) is 1. The van der Waals surface area contributed by atoms with Crippen molar-refractivity contribution in [1.82, 2.24) is 10.2 Å². The van der Waals surface area contributed by atoms with Gasteiger partial charge in [-0.15, -0.1) is 11.8 Å². The van der Waals surface area contributed by atoms with Crippen LogP contribution in [0.25, 0.3) is 0 Å². The molecule has 108 valence electrons. The van der Waals surface area contributed by atoms with Crippen LogP contribution >= 0.6 is 23.4 Å². The van der Waals surface area contributed by atoms with E-state index in [0.717, 1.165) is 30.4 Å². The van der Waals surface area contributed by atoms with Gasteiger partial charge in [0.1, 0.15) is 0 Å². The van der Waals surface area contributed by atoms with Gasteiger partial charge in [0.15, 0.2) is 0 Å². The molecule has 0 heterocycles. The minimum Gasteiger partial charge on any atom is -0.312 e. The number of nitrogens with one attached hydrogen (secondary N) is 1. The Balaban J connectivity index is 2.61. The van der Waals surface area contributed by atoms with Gasteiger partial charge in [0.2, 0.25) is 0 Å². The van der Waals surface area contributed by atoms with Crippen LogP contribution in [-0.4, -0.2) is 37.8 Å². The molecule has 0 amide bonds. The molecule has 0 saturated carbocycles. The van der Waals surface area contributed by atoms with Gasteiger partial charge in [-0.2, -0.15) is 0 Å². The van der Waals surface area contributed by atoms with E-state index in [0.29, 0.717) is 5.92 Å². The Kier molecular flexibility index (Phi) is 7.84. The molecule has 0 aliphatic heterocycles. The summed E-state index contributed by atoms with van der Waals surface area (Å²) in [5, 5.41) is 4.34. The second-order valence-electron chi connectivity index (χ2n) is 5.39. The Bertz CT molecular complexity index is 380. The largest absolute Gasteiger partial charge is 0.312 e. The average Bonchev–Trinajstić information content (AvgIpc) is 2.31. The summed E-state index contributed by atoms with van der Waals surface area (Å²) in [4.78, 5) is 3.50. The van der Waals surface area contributed by atoms with E-state index in [1.54, 1.807) is 0 Å².